The zero-order valence-electron chi connectivity index (χ0n) is 29.5. The van der Waals surface area contributed by atoms with Gasteiger partial charge in [-0.1, -0.05) is 164 Å². The quantitative estimate of drug-likeness (QED) is 0.164. The minimum Gasteiger partial charge on any atom is -0.456 e. The van der Waals surface area contributed by atoms with E-state index in [1.54, 1.807) is 0 Å². The van der Waals surface area contributed by atoms with E-state index in [9.17, 15) is 0 Å². The number of rotatable bonds is 7. The summed E-state index contributed by atoms with van der Waals surface area (Å²) in [5.74, 6) is 2.51. The predicted molar refractivity (Wildman–Crippen MR) is 221 cm³/mol. The average molecular weight is 706 g/mol. The molecule has 0 bridgehead atoms. The molecule has 10 aromatic rings. The summed E-state index contributed by atoms with van der Waals surface area (Å²) in [4.78, 5) is 25.1. The van der Waals surface area contributed by atoms with E-state index < -0.39 is 0 Å². The van der Waals surface area contributed by atoms with Crippen LogP contribution >= 0.6 is 0 Å². The Bertz CT molecular complexity index is 2830. The fraction of sp³-hybridized carbons (Fsp3) is 0. The summed E-state index contributed by atoms with van der Waals surface area (Å²) in [6.45, 7) is 0. The van der Waals surface area contributed by atoms with Crippen LogP contribution in [0.15, 0.2) is 192 Å². The van der Waals surface area contributed by atoms with Gasteiger partial charge in [0.15, 0.2) is 23.3 Å². The molecule has 3 aromatic heterocycles. The van der Waals surface area contributed by atoms with E-state index in [1.165, 1.54) is 0 Å². The van der Waals surface area contributed by atoms with Crippen molar-refractivity contribution in [2.24, 2.45) is 0 Å². The van der Waals surface area contributed by atoms with Crippen molar-refractivity contribution in [2.75, 3.05) is 0 Å². The molecule has 55 heavy (non-hydrogen) atoms. The van der Waals surface area contributed by atoms with Crippen LogP contribution in [0.25, 0.3) is 101 Å². The zero-order chi connectivity index (χ0) is 36.6. The van der Waals surface area contributed by atoms with E-state index in [1.807, 2.05) is 127 Å². The maximum atomic E-state index is 6.44. The first-order valence-electron chi connectivity index (χ1n) is 18.2. The van der Waals surface area contributed by atoms with Gasteiger partial charge in [-0.3, -0.25) is 0 Å². The Morgan fingerprint density at radius 1 is 0.273 bits per heavy atom. The molecule has 0 amide bonds. The average Bonchev–Trinajstić information content (AvgIpc) is 3.64. The molecule has 0 N–H and O–H groups in total. The lowest BCUT2D eigenvalue weighted by Crippen LogP contribution is -2.00. The largest absolute Gasteiger partial charge is 0.456 e. The number of para-hydroxylation sites is 1. The molecule has 6 nitrogen and oxygen atoms in total. The predicted octanol–water partition coefficient (Wildman–Crippen LogP) is 12.2. The van der Waals surface area contributed by atoms with E-state index in [0.717, 1.165) is 77.8 Å². The van der Waals surface area contributed by atoms with Crippen molar-refractivity contribution in [2.45, 2.75) is 0 Å². The lowest BCUT2D eigenvalue weighted by Gasteiger charge is -2.14. The molecule has 0 aliphatic heterocycles. The molecular formula is C49H31N5O. The molecule has 0 aliphatic rings. The number of aromatic nitrogens is 5. The maximum Gasteiger partial charge on any atom is 0.164 e. The minimum atomic E-state index is 0.603. The minimum absolute atomic E-state index is 0.603. The molecule has 0 spiro atoms. The molecule has 3 heterocycles. The number of benzene rings is 7. The second-order valence-corrected chi connectivity index (χ2v) is 13.3. The highest BCUT2D eigenvalue weighted by Crippen LogP contribution is 2.41. The highest BCUT2D eigenvalue weighted by Gasteiger charge is 2.19. The second-order valence-electron chi connectivity index (χ2n) is 13.3. The van der Waals surface area contributed by atoms with Gasteiger partial charge >= 0.3 is 0 Å². The van der Waals surface area contributed by atoms with Crippen LogP contribution in [0, 0.1) is 0 Å². The van der Waals surface area contributed by atoms with Crippen molar-refractivity contribution in [1.29, 1.82) is 0 Å². The van der Waals surface area contributed by atoms with Crippen LogP contribution < -0.4 is 0 Å². The number of hydrogen-bond acceptors (Lipinski definition) is 6. The summed E-state index contributed by atoms with van der Waals surface area (Å²) in [7, 11) is 0. The molecule has 0 atom stereocenters. The van der Waals surface area contributed by atoms with E-state index >= 15 is 0 Å². The summed E-state index contributed by atoms with van der Waals surface area (Å²) >= 11 is 0. The van der Waals surface area contributed by atoms with E-state index in [0.29, 0.717) is 23.3 Å². The lowest BCUT2D eigenvalue weighted by atomic mass is 9.93. The normalized spacial score (nSPS) is 11.3. The fourth-order valence-corrected chi connectivity index (χ4v) is 7.02. The third-order valence-electron chi connectivity index (χ3n) is 9.77. The monoisotopic (exact) mass is 705 g/mol. The molecule has 0 saturated carbocycles. The third kappa shape index (κ3) is 6.22. The van der Waals surface area contributed by atoms with E-state index in [2.05, 4.69) is 60.7 Å². The van der Waals surface area contributed by atoms with Crippen LogP contribution in [0.2, 0.25) is 0 Å². The number of nitrogens with zero attached hydrogens (tertiary/aromatic N) is 5. The molecule has 0 saturated heterocycles. The van der Waals surface area contributed by atoms with Crippen molar-refractivity contribution in [1.82, 2.24) is 24.9 Å². The molecular weight excluding hydrogens is 675 g/mol. The van der Waals surface area contributed by atoms with Crippen LogP contribution in [0.3, 0.4) is 0 Å². The summed E-state index contributed by atoms with van der Waals surface area (Å²) in [6, 6.07) is 63.4. The highest BCUT2D eigenvalue weighted by atomic mass is 16.3. The van der Waals surface area contributed by atoms with Gasteiger partial charge in [0.25, 0.3) is 0 Å². The molecule has 258 valence electrons. The molecule has 0 fully saturated rings. The van der Waals surface area contributed by atoms with Gasteiger partial charge in [-0.15, -0.1) is 0 Å². The van der Waals surface area contributed by atoms with Gasteiger partial charge in [-0.25, -0.2) is 24.9 Å². The molecule has 0 radical (unpaired) electrons. The Morgan fingerprint density at radius 3 is 1.27 bits per heavy atom. The van der Waals surface area contributed by atoms with Gasteiger partial charge in [-0.05, 0) is 35.4 Å². The topological polar surface area (TPSA) is 77.6 Å². The Morgan fingerprint density at radius 2 is 0.709 bits per heavy atom. The van der Waals surface area contributed by atoms with Crippen molar-refractivity contribution in [3.8, 4) is 79.2 Å². The molecule has 7 aromatic carbocycles. The fourth-order valence-electron chi connectivity index (χ4n) is 7.02. The maximum absolute atomic E-state index is 6.44. The SMILES string of the molecule is c1ccc(-c2cc(-c3cc4oc5ccccc5c4cc3-c3ccc(-c4nc(-c5ccccc5)nc(-c5ccccc5)n4)cc3)nc(-c3ccccc3)n2)cc1. The van der Waals surface area contributed by atoms with Gasteiger partial charge in [0, 0.05) is 44.2 Å². The first-order valence-corrected chi connectivity index (χ1v) is 18.2. The molecule has 6 heteroatoms. The molecule has 10 rings (SSSR count). The summed E-state index contributed by atoms with van der Waals surface area (Å²) in [5, 5.41) is 2.10. The van der Waals surface area contributed by atoms with Gasteiger partial charge in [-0.2, -0.15) is 0 Å². The van der Waals surface area contributed by atoms with Crippen LogP contribution in [0.1, 0.15) is 0 Å². The van der Waals surface area contributed by atoms with Gasteiger partial charge in [0.1, 0.15) is 11.2 Å². The Labute approximate surface area is 317 Å². The first kappa shape index (κ1) is 32.1. The molecule has 0 unspecified atom stereocenters. The number of fused-ring (bicyclic) bond motifs is 3. The Kier molecular flexibility index (Phi) is 8.04. The van der Waals surface area contributed by atoms with Gasteiger partial charge in [0.05, 0.1) is 11.4 Å². The lowest BCUT2D eigenvalue weighted by molar-refractivity contribution is 0.669. The van der Waals surface area contributed by atoms with Crippen molar-refractivity contribution in [3.63, 3.8) is 0 Å². The van der Waals surface area contributed by atoms with Crippen molar-refractivity contribution in [3.05, 3.63) is 188 Å². The van der Waals surface area contributed by atoms with E-state index in [-0.39, 0.29) is 0 Å². The van der Waals surface area contributed by atoms with E-state index in [4.69, 9.17) is 29.3 Å². The van der Waals surface area contributed by atoms with Crippen molar-refractivity contribution >= 4 is 21.9 Å². The second kappa shape index (κ2) is 13.8. The summed E-state index contributed by atoms with van der Waals surface area (Å²) < 4.78 is 6.44. The van der Waals surface area contributed by atoms with Crippen LogP contribution in [-0.4, -0.2) is 24.9 Å². The van der Waals surface area contributed by atoms with Crippen LogP contribution in [0.4, 0.5) is 0 Å². The van der Waals surface area contributed by atoms with Crippen molar-refractivity contribution < 1.29 is 4.42 Å². The first-order chi connectivity index (χ1) is 27.2. The highest BCUT2D eigenvalue weighted by molar-refractivity contribution is 6.08. The van der Waals surface area contributed by atoms with Gasteiger partial charge in [0.2, 0.25) is 0 Å². The van der Waals surface area contributed by atoms with Gasteiger partial charge < -0.3 is 4.42 Å². The third-order valence-corrected chi connectivity index (χ3v) is 9.77. The zero-order valence-corrected chi connectivity index (χ0v) is 29.5. The number of furan rings is 1. The smallest absolute Gasteiger partial charge is 0.164 e. The van der Waals surface area contributed by atoms with Crippen LogP contribution in [0.5, 0.6) is 0 Å². The molecule has 0 aliphatic carbocycles. The Hall–Kier alpha value is -7.57. The summed E-state index contributed by atoms with van der Waals surface area (Å²) in [5.41, 5.74) is 11.0. The number of hydrogen-bond donors (Lipinski definition) is 0. The Balaban J connectivity index is 1.15. The summed E-state index contributed by atoms with van der Waals surface area (Å²) in [6.07, 6.45) is 0. The standard InChI is InChI=1S/C49H31N5O/c1-5-15-33(16-6-1)42-31-43(51-46(50-42)34-17-7-2-8-18-34)40-30-45-41(38-23-13-14-24-44(38)55-45)29-39(40)32-25-27-37(28-26-32)49-53-47(35-19-9-3-10-20-35)52-48(54-49)36-21-11-4-12-22-36/h1-31H. The van der Waals surface area contributed by atoms with Crippen LogP contribution in [-0.2, 0) is 0 Å².